The predicted octanol–water partition coefficient (Wildman–Crippen LogP) is 5.54. The number of hydrogen-bond acceptors (Lipinski definition) is 4. The van der Waals surface area contributed by atoms with Gasteiger partial charge in [0.25, 0.3) is 5.91 Å². The molecule has 1 unspecified atom stereocenters. The van der Waals surface area contributed by atoms with Crippen LogP contribution in [0.3, 0.4) is 0 Å². The van der Waals surface area contributed by atoms with Crippen LogP contribution in [0, 0.1) is 17.1 Å². The van der Waals surface area contributed by atoms with Crippen LogP contribution in [0.4, 0.5) is 15.8 Å². The highest BCUT2D eigenvalue weighted by Gasteiger charge is 2.40. The lowest BCUT2D eigenvalue weighted by Crippen LogP contribution is -2.30. The first-order valence-corrected chi connectivity index (χ1v) is 11.2. The van der Waals surface area contributed by atoms with E-state index in [9.17, 15) is 19.2 Å². The fraction of sp³-hybridized carbons (Fsp3) is 0.0800. The molecule has 4 rings (SSSR count). The van der Waals surface area contributed by atoms with Gasteiger partial charge in [-0.05, 0) is 48.4 Å². The Morgan fingerprint density at radius 1 is 1.06 bits per heavy atom. The second kappa shape index (κ2) is 9.90. The van der Waals surface area contributed by atoms with Crippen molar-refractivity contribution < 1.29 is 14.0 Å². The Balaban J connectivity index is 1.72. The minimum absolute atomic E-state index is 0.196. The second-order valence-electron chi connectivity index (χ2n) is 7.17. The molecule has 0 radical (unpaired) electrons. The second-order valence-corrected chi connectivity index (χ2v) is 8.77. The van der Waals surface area contributed by atoms with Crippen LogP contribution >= 0.6 is 23.4 Å². The maximum Gasteiger partial charge on any atom is 0.269 e. The van der Waals surface area contributed by atoms with Crippen LogP contribution in [0.2, 0.25) is 5.02 Å². The Labute approximate surface area is 199 Å². The van der Waals surface area contributed by atoms with E-state index in [1.54, 1.807) is 60.7 Å². The molecule has 1 heterocycles. The van der Waals surface area contributed by atoms with E-state index in [1.807, 2.05) is 12.1 Å². The third-order valence-electron chi connectivity index (χ3n) is 4.98. The number of para-hydroxylation sites is 2. The van der Waals surface area contributed by atoms with Crippen LogP contribution in [0.25, 0.3) is 0 Å². The lowest BCUT2D eigenvalue weighted by atomic mass is 10.1. The van der Waals surface area contributed by atoms with Crippen molar-refractivity contribution in [2.24, 2.45) is 0 Å². The normalized spacial score (nSPS) is 16.9. The Morgan fingerprint density at radius 2 is 1.73 bits per heavy atom. The van der Waals surface area contributed by atoms with Crippen LogP contribution < -0.4 is 10.2 Å². The number of carbonyl (C=O) groups is 2. The summed E-state index contributed by atoms with van der Waals surface area (Å²) in [7, 11) is 0. The number of nitrogens with zero attached hydrogens (tertiary/aromatic N) is 2. The molecule has 2 amide bonds. The van der Waals surface area contributed by atoms with Gasteiger partial charge in [0.2, 0.25) is 5.91 Å². The highest BCUT2D eigenvalue weighted by atomic mass is 35.5. The van der Waals surface area contributed by atoms with Gasteiger partial charge in [-0.2, -0.15) is 5.26 Å². The van der Waals surface area contributed by atoms with Crippen molar-refractivity contribution in [2.45, 2.75) is 11.7 Å². The van der Waals surface area contributed by atoms with Crippen molar-refractivity contribution in [2.75, 3.05) is 10.2 Å². The molecule has 3 aromatic carbocycles. The molecule has 1 N–H and O–H groups in total. The topological polar surface area (TPSA) is 73.2 Å². The standard InChI is InChI=1S/C25H17ClFN3O2S/c26-20-8-4-5-9-21(20)29-23(31)19(15-28)25-30(18-6-2-1-3-7-18)24(32)22(33-25)14-16-10-12-17(27)13-11-16/h1-13,22H,14H2,(H,29,31)/b25-19-. The van der Waals surface area contributed by atoms with Gasteiger partial charge < -0.3 is 5.32 Å². The van der Waals surface area contributed by atoms with E-state index in [0.717, 1.165) is 17.3 Å². The molecule has 0 aliphatic carbocycles. The minimum Gasteiger partial charge on any atom is -0.320 e. The predicted molar refractivity (Wildman–Crippen MR) is 128 cm³/mol. The highest BCUT2D eigenvalue weighted by Crippen LogP contribution is 2.42. The molecular formula is C25H17ClFN3O2S. The number of halogens is 2. The molecule has 0 spiro atoms. The SMILES string of the molecule is N#C/C(C(=O)Nc1ccccc1Cl)=C1/SC(Cc2ccc(F)cc2)C(=O)N1c1ccccc1. The molecule has 0 saturated carbocycles. The van der Waals surface area contributed by atoms with E-state index in [2.05, 4.69) is 5.32 Å². The Hall–Kier alpha value is -3.60. The van der Waals surface area contributed by atoms with Crippen LogP contribution in [-0.2, 0) is 16.0 Å². The van der Waals surface area contributed by atoms with Gasteiger partial charge in [0, 0.05) is 5.69 Å². The minimum atomic E-state index is -0.663. The third-order valence-corrected chi connectivity index (χ3v) is 6.57. The van der Waals surface area contributed by atoms with Crippen molar-refractivity contribution in [3.8, 4) is 6.07 Å². The van der Waals surface area contributed by atoms with Gasteiger partial charge >= 0.3 is 0 Å². The summed E-state index contributed by atoms with van der Waals surface area (Å²) >= 11 is 7.28. The van der Waals surface area contributed by atoms with Crippen LogP contribution in [0.15, 0.2) is 89.5 Å². The summed E-state index contributed by atoms with van der Waals surface area (Å²) < 4.78 is 13.3. The molecule has 1 aliphatic rings. The largest absolute Gasteiger partial charge is 0.320 e. The summed E-state index contributed by atoms with van der Waals surface area (Å²) in [6, 6.07) is 23.4. The molecule has 5 nitrogen and oxygen atoms in total. The van der Waals surface area contributed by atoms with E-state index in [-0.39, 0.29) is 22.3 Å². The zero-order valence-electron chi connectivity index (χ0n) is 17.2. The van der Waals surface area contributed by atoms with Gasteiger partial charge in [-0.15, -0.1) is 0 Å². The van der Waals surface area contributed by atoms with Crippen LogP contribution in [-0.4, -0.2) is 17.1 Å². The fourth-order valence-corrected chi connectivity index (χ4v) is 4.87. The number of thioether (sulfide) groups is 1. The van der Waals surface area contributed by atoms with E-state index >= 15 is 0 Å². The molecule has 3 aromatic rings. The number of carbonyl (C=O) groups excluding carboxylic acids is 2. The number of rotatable bonds is 5. The summed E-state index contributed by atoms with van der Waals surface area (Å²) in [4.78, 5) is 27.8. The number of benzene rings is 3. The molecular weight excluding hydrogens is 461 g/mol. The Morgan fingerprint density at radius 3 is 2.39 bits per heavy atom. The summed E-state index contributed by atoms with van der Waals surface area (Å²) in [6.45, 7) is 0. The summed E-state index contributed by atoms with van der Waals surface area (Å²) in [5.41, 5.74) is 1.49. The van der Waals surface area contributed by atoms with Gasteiger partial charge in [-0.25, -0.2) is 4.39 Å². The lowest BCUT2D eigenvalue weighted by Gasteiger charge is -2.18. The smallest absolute Gasteiger partial charge is 0.269 e. The summed E-state index contributed by atoms with van der Waals surface area (Å²) in [5.74, 6) is -1.29. The first-order chi connectivity index (χ1) is 16.0. The average Bonchev–Trinajstić information content (AvgIpc) is 3.13. The van der Waals surface area contributed by atoms with Gasteiger partial charge in [-0.1, -0.05) is 65.8 Å². The van der Waals surface area contributed by atoms with Crippen molar-refractivity contribution in [3.05, 3.63) is 106 Å². The van der Waals surface area contributed by atoms with Gasteiger partial charge in [0.1, 0.15) is 22.5 Å². The van der Waals surface area contributed by atoms with Crippen molar-refractivity contribution in [3.63, 3.8) is 0 Å². The van der Waals surface area contributed by atoms with Gasteiger partial charge in [-0.3, -0.25) is 14.5 Å². The average molecular weight is 478 g/mol. The molecule has 0 bridgehead atoms. The fourth-order valence-electron chi connectivity index (χ4n) is 3.38. The van der Waals surface area contributed by atoms with Crippen LogP contribution in [0.1, 0.15) is 5.56 Å². The Kier molecular flexibility index (Phi) is 6.78. The number of nitrogens with one attached hydrogen (secondary N) is 1. The molecule has 33 heavy (non-hydrogen) atoms. The van der Waals surface area contributed by atoms with E-state index in [4.69, 9.17) is 11.6 Å². The van der Waals surface area contributed by atoms with Crippen molar-refractivity contribution >= 4 is 46.6 Å². The number of nitriles is 1. The molecule has 164 valence electrons. The first kappa shape index (κ1) is 22.6. The van der Waals surface area contributed by atoms with E-state index in [0.29, 0.717) is 22.8 Å². The lowest BCUT2D eigenvalue weighted by molar-refractivity contribution is -0.117. The van der Waals surface area contributed by atoms with Gasteiger partial charge in [0.15, 0.2) is 0 Å². The maximum absolute atomic E-state index is 13.4. The van der Waals surface area contributed by atoms with Gasteiger partial charge in [0.05, 0.1) is 16.0 Å². The molecule has 1 atom stereocenters. The van der Waals surface area contributed by atoms with Crippen LogP contribution in [0.5, 0.6) is 0 Å². The molecule has 1 aliphatic heterocycles. The number of amides is 2. The molecule has 0 aromatic heterocycles. The number of anilines is 2. The summed E-state index contributed by atoms with van der Waals surface area (Å²) in [5, 5.41) is 12.5. The Bertz CT molecular complexity index is 1270. The quantitative estimate of drug-likeness (QED) is 0.386. The van der Waals surface area contributed by atoms with Crippen molar-refractivity contribution in [1.29, 1.82) is 5.26 Å². The summed E-state index contributed by atoms with van der Waals surface area (Å²) in [6.07, 6.45) is 0.321. The molecule has 8 heteroatoms. The van der Waals surface area contributed by atoms with E-state index < -0.39 is 11.2 Å². The maximum atomic E-state index is 13.4. The highest BCUT2D eigenvalue weighted by molar-refractivity contribution is 8.05. The third kappa shape index (κ3) is 4.92. The van der Waals surface area contributed by atoms with E-state index in [1.165, 1.54) is 17.0 Å². The number of hydrogen-bond donors (Lipinski definition) is 1. The molecule has 1 saturated heterocycles. The van der Waals surface area contributed by atoms with Crippen molar-refractivity contribution in [1.82, 2.24) is 0 Å². The zero-order valence-corrected chi connectivity index (χ0v) is 18.7. The first-order valence-electron chi connectivity index (χ1n) is 9.98. The zero-order chi connectivity index (χ0) is 23.4. The molecule has 1 fully saturated rings. The monoisotopic (exact) mass is 477 g/mol.